The number of hydrogen-bond donors (Lipinski definition) is 2. The maximum Gasteiger partial charge on any atom is 0.143 e. The van der Waals surface area contributed by atoms with Gasteiger partial charge in [-0.1, -0.05) is 6.92 Å². The van der Waals surface area contributed by atoms with Crippen molar-refractivity contribution >= 4 is 0 Å². The van der Waals surface area contributed by atoms with Crippen molar-refractivity contribution in [3.05, 3.63) is 0 Å². The third-order valence-electron chi connectivity index (χ3n) is 1.83. The first-order valence-corrected chi connectivity index (χ1v) is 4.18. The number of ether oxygens (including phenoxy) is 1. The Hall–Kier alpha value is -0.120. The first kappa shape index (κ1) is 10.9. The maximum atomic E-state index is 8.41. The maximum absolute atomic E-state index is 8.41. The van der Waals surface area contributed by atoms with Crippen molar-refractivity contribution in [3.63, 3.8) is 0 Å². The molecular weight excluding hydrogens is 142 g/mol. The molecule has 11 heavy (non-hydrogen) atoms. The zero-order valence-electron chi connectivity index (χ0n) is 7.42. The minimum atomic E-state index is -0.192. The highest BCUT2D eigenvalue weighted by atomic mass is 16.6. The molecule has 0 aliphatic carbocycles. The summed E-state index contributed by atoms with van der Waals surface area (Å²) in [6.45, 7) is 3.82. The van der Waals surface area contributed by atoms with Crippen LogP contribution in [0.1, 0.15) is 33.1 Å². The smallest absolute Gasteiger partial charge is 0.143 e. The van der Waals surface area contributed by atoms with Gasteiger partial charge in [0.15, 0.2) is 0 Å². The molecule has 0 spiro atoms. The van der Waals surface area contributed by atoms with E-state index in [1.54, 1.807) is 0 Å². The molecule has 0 aromatic carbocycles. The van der Waals surface area contributed by atoms with E-state index in [9.17, 15) is 0 Å². The molecule has 3 N–H and O–H groups in total. The van der Waals surface area contributed by atoms with Crippen molar-refractivity contribution in [2.45, 2.75) is 45.3 Å². The second kappa shape index (κ2) is 6.58. The predicted octanol–water partition coefficient (Wildman–Crippen LogP) is 0.859. The summed E-state index contributed by atoms with van der Waals surface area (Å²) >= 11 is 0. The quantitative estimate of drug-likeness (QED) is 0.568. The Morgan fingerprint density at radius 2 is 2.09 bits per heavy atom. The third kappa shape index (κ3) is 6.28. The SMILES string of the molecule is CCC(N)CCC(C)OCO. The lowest BCUT2D eigenvalue weighted by molar-refractivity contribution is -0.0460. The summed E-state index contributed by atoms with van der Waals surface area (Å²) in [5.74, 6) is 0. The lowest BCUT2D eigenvalue weighted by Crippen LogP contribution is -2.21. The Morgan fingerprint density at radius 1 is 1.45 bits per heavy atom. The zero-order valence-corrected chi connectivity index (χ0v) is 7.42. The fraction of sp³-hybridized carbons (Fsp3) is 1.00. The summed E-state index contributed by atoms with van der Waals surface area (Å²) in [6.07, 6.45) is 3.02. The van der Waals surface area contributed by atoms with Crippen LogP contribution < -0.4 is 5.73 Å². The molecule has 2 atom stereocenters. The Morgan fingerprint density at radius 3 is 2.55 bits per heavy atom. The van der Waals surface area contributed by atoms with Crippen LogP contribution in [0.25, 0.3) is 0 Å². The predicted molar refractivity (Wildman–Crippen MR) is 45.1 cm³/mol. The third-order valence-corrected chi connectivity index (χ3v) is 1.83. The molecule has 0 saturated carbocycles. The van der Waals surface area contributed by atoms with Crippen molar-refractivity contribution in [1.29, 1.82) is 0 Å². The van der Waals surface area contributed by atoms with E-state index in [-0.39, 0.29) is 18.9 Å². The van der Waals surface area contributed by atoms with E-state index in [1.807, 2.05) is 6.92 Å². The topological polar surface area (TPSA) is 55.5 Å². The molecule has 0 aromatic heterocycles. The van der Waals surface area contributed by atoms with Crippen LogP contribution in [0.2, 0.25) is 0 Å². The molecule has 0 heterocycles. The van der Waals surface area contributed by atoms with Crippen LogP contribution in [-0.4, -0.2) is 24.0 Å². The Kier molecular flexibility index (Phi) is 6.51. The lowest BCUT2D eigenvalue weighted by atomic mass is 10.1. The van der Waals surface area contributed by atoms with Crippen molar-refractivity contribution in [3.8, 4) is 0 Å². The Labute approximate surface area is 68.5 Å². The van der Waals surface area contributed by atoms with Gasteiger partial charge in [-0.15, -0.1) is 0 Å². The number of aliphatic hydroxyl groups excluding tert-OH is 1. The number of nitrogens with two attached hydrogens (primary N) is 1. The van der Waals surface area contributed by atoms with E-state index in [4.69, 9.17) is 15.6 Å². The van der Waals surface area contributed by atoms with Crippen LogP contribution in [0.15, 0.2) is 0 Å². The second-order valence-electron chi connectivity index (χ2n) is 2.85. The molecule has 0 saturated heterocycles. The molecule has 0 amide bonds. The highest BCUT2D eigenvalue weighted by Gasteiger charge is 2.04. The van der Waals surface area contributed by atoms with E-state index in [1.165, 1.54) is 0 Å². The van der Waals surface area contributed by atoms with Gasteiger partial charge < -0.3 is 15.6 Å². The van der Waals surface area contributed by atoms with E-state index >= 15 is 0 Å². The van der Waals surface area contributed by atoms with Gasteiger partial charge in [0.25, 0.3) is 0 Å². The van der Waals surface area contributed by atoms with Gasteiger partial charge in [0.05, 0.1) is 6.10 Å². The molecule has 68 valence electrons. The average molecular weight is 161 g/mol. The van der Waals surface area contributed by atoms with Crippen molar-refractivity contribution < 1.29 is 9.84 Å². The molecular formula is C8H19NO2. The number of hydrogen-bond acceptors (Lipinski definition) is 3. The molecule has 0 aliphatic rings. The summed E-state index contributed by atoms with van der Waals surface area (Å²) in [5, 5.41) is 8.41. The molecule has 0 fully saturated rings. The first-order chi connectivity index (χ1) is 5.20. The fourth-order valence-electron chi connectivity index (χ4n) is 0.863. The van der Waals surface area contributed by atoms with Gasteiger partial charge in [0, 0.05) is 6.04 Å². The highest BCUT2D eigenvalue weighted by molar-refractivity contribution is 4.60. The highest BCUT2D eigenvalue weighted by Crippen LogP contribution is 2.04. The Bertz CT molecular complexity index is 88.2. The molecule has 0 aromatic rings. The summed E-state index contributed by atoms with van der Waals surface area (Å²) < 4.78 is 4.94. The van der Waals surface area contributed by atoms with Crippen LogP contribution in [0, 0.1) is 0 Å². The van der Waals surface area contributed by atoms with Crippen LogP contribution in [-0.2, 0) is 4.74 Å². The largest absolute Gasteiger partial charge is 0.371 e. The molecule has 3 nitrogen and oxygen atoms in total. The van der Waals surface area contributed by atoms with Crippen LogP contribution in [0.5, 0.6) is 0 Å². The molecule has 0 bridgehead atoms. The Balaban J connectivity index is 3.22. The van der Waals surface area contributed by atoms with Crippen LogP contribution in [0.3, 0.4) is 0 Å². The zero-order chi connectivity index (χ0) is 8.69. The van der Waals surface area contributed by atoms with Gasteiger partial charge in [-0.2, -0.15) is 0 Å². The van der Waals surface area contributed by atoms with E-state index < -0.39 is 0 Å². The minimum Gasteiger partial charge on any atom is -0.371 e. The van der Waals surface area contributed by atoms with Crippen molar-refractivity contribution in [2.24, 2.45) is 5.73 Å². The molecule has 0 aliphatic heterocycles. The van der Waals surface area contributed by atoms with Gasteiger partial charge in [0.1, 0.15) is 6.79 Å². The summed E-state index contributed by atoms with van der Waals surface area (Å²) in [4.78, 5) is 0. The van der Waals surface area contributed by atoms with Crippen molar-refractivity contribution in [2.75, 3.05) is 6.79 Å². The number of aliphatic hydroxyl groups is 1. The molecule has 0 radical (unpaired) electrons. The molecule has 2 unspecified atom stereocenters. The standard InChI is InChI=1S/C8H19NO2/c1-3-8(9)5-4-7(2)11-6-10/h7-8,10H,3-6,9H2,1-2H3. The van der Waals surface area contributed by atoms with Crippen LogP contribution >= 0.6 is 0 Å². The van der Waals surface area contributed by atoms with E-state index in [0.717, 1.165) is 19.3 Å². The van der Waals surface area contributed by atoms with Gasteiger partial charge in [-0.3, -0.25) is 0 Å². The second-order valence-corrected chi connectivity index (χ2v) is 2.85. The number of rotatable bonds is 6. The van der Waals surface area contributed by atoms with Gasteiger partial charge >= 0.3 is 0 Å². The average Bonchev–Trinajstić information content (AvgIpc) is 2.01. The molecule has 3 heteroatoms. The van der Waals surface area contributed by atoms with Gasteiger partial charge in [-0.25, -0.2) is 0 Å². The van der Waals surface area contributed by atoms with Gasteiger partial charge in [-0.05, 0) is 26.2 Å². The monoisotopic (exact) mass is 161 g/mol. The summed E-state index contributed by atoms with van der Waals surface area (Å²) in [7, 11) is 0. The van der Waals surface area contributed by atoms with E-state index in [2.05, 4.69) is 6.92 Å². The van der Waals surface area contributed by atoms with Gasteiger partial charge in [0.2, 0.25) is 0 Å². The van der Waals surface area contributed by atoms with Crippen molar-refractivity contribution in [1.82, 2.24) is 0 Å². The summed E-state index contributed by atoms with van der Waals surface area (Å²) in [6, 6.07) is 0.278. The van der Waals surface area contributed by atoms with E-state index in [0.29, 0.717) is 0 Å². The summed E-state index contributed by atoms with van der Waals surface area (Å²) in [5.41, 5.74) is 5.70. The first-order valence-electron chi connectivity index (χ1n) is 4.18. The normalized spacial score (nSPS) is 16.4. The molecule has 0 rings (SSSR count). The lowest BCUT2D eigenvalue weighted by Gasteiger charge is -2.13. The van der Waals surface area contributed by atoms with Crippen LogP contribution in [0.4, 0.5) is 0 Å². The minimum absolute atomic E-state index is 0.123. The fourth-order valence-corrected chi connectivity index (χ4v) is 0.863.